The summed E-state index contributed by atoms with van der Waals surface area (Å²) < 4.78 is 13.3. The number of amides is 2. The highest BCUT2D eigenvalue weighted by Crippen LogP contribution is 2.42. The Morgan fingerprint density at radius 3 is 2.03 bits per heavy atom. The number of carbonyl (C=O) groups excluding carboxylic acids is 2. The second-order valence-electron chi connectivity index (χ2n) is 8.89. The van der Waals surface area contributed by atoms with Crippen LogP contribution in [0, 0.1) is 5.82 Å². The van der Waals surface area contributed by atoms with Crippen LogP contribution in [0.4, 0.5) is 10.1 Å². The summed E-state index contributed by atoms with van der Waals surface area (Å²) in [5, 5.41) is 17.5. The van der Waals surface area contributed by atoms with E-state index in [9.17, 15) is 14.0 Å². The molecule has 2 fully saturated rings. The molecule has 2 aliphatic rings. The maximum atomic E-state index is 13.5. The van der Waals surface area contributed by atoms with Crippen LogP contribution < -0.4 is 5.32 Å². The number of anilines is 1. The summed E-state index contributed by atoms with van der Waals surface area (Å²) >= 11 is 0. The molecule has 1 aliphatic heterocycles. The van der Waals surface area contributed by atoms with Crippen LogP contribution in [0.25, 0.3) is 0 Å². The van der Waals surface area contributed by atoms with Crippen LogP contribution in [0.2, 0.25) is 0 Å². The summed E-state index contributed by atoms with van der Waals surface area (Å²) in [6.45, 7) is 2.81. The molecule has 1 saturated carbocycles. The molecule has 10 heteroatoms. The lowest BCUT2D eigenvalue weighted by molar-refractivity contribution is -0.159. The first-order valence-electron chi connectivity index (χ1n) is 11.8. The smallest absolute Gasteiger partial charge is 0.414 e. The lowest BCUT2D eigenvalue weighted by Gasteiger charge is -2.40. The number of benzene rings is 2. The number of nitrogens with zero attached hydrogens (tertiary/aromatic N) is 2. The van der Waals surface area contributed by atoms with Crippen molar-refractivity contribution in [2.45, 2.75) is 31.1 Å². The van der Waals surface area contributed by atoms with Gasteiger partial charge in [0.25, 0.3) is 0 Å². The van der Waals surface area contributed by atoms with Crippen LogP contribution in [-0.2, 0) is 24.6 Å². The summed E-state index contributed by atoms with van der Waals surface area (Å²) in [6, 6.07) is 16.1. The van der Waals surface area contributed by atoms with Crippen LogP contribution >= 0.6 is 0 Å². The average molecular weight is 500 g/mol. The molecule has 0 radical (unpaired) electrons. The molecule has 2 amide bonds. The van der Waals surface area contributed by atoms with Crippen molar-refractivity contribution in [1.29, 1.82) is 0 Å². The first kappa shape index (κ1) is 26.8. The van der Waals surface area contributed by atoms with Crippen LogP contribution in [0.5, 0.6) is 0 Å². The molecule has 3 N–H and O–H groups in total. The van der Waals surface area contributed by atoms with Gasteiger partial charge in [0, 0.05) is 31.9 Å². The van der Waals surface area contributed by atoms with Crippen molar-refractivity contribution < 1.29 is 33.8 Å². The van der Waals surface area contributed by atoms with Gasteiger partial charge < -0.3 is 20.4 Å². The Bertz CT molecular complexity index is 1070. The predicted molar refractivity (Wildman–Crippen MR) is 130 cm³/mol. The van der Waals surface area contributed by atoms with Crippen LogP contribution in [0.15, 0.2) is 54.6 Å². The second-order valence-corrected chi connectivity index (χ2v) is 8.89. The lowest BCUT2D eigenvalue weighted by atomic mass is 9.77. The monoisotopic (exact) mass is 499 g/mol. The third-order valence-corrected chi connectivity index (χ3v) is 6.51. The van der Waals surface area contributed by atoms with Gasteiger partial charge in [-0.1, -0.05) is 49.2 Å². The van der Waals surface area contributed by atoms with E-state index in [1.807, 2.05) is 28.0 Å². The van der Waals surface area contributed by atoms with E-state index in [1.165, 1.54) is 12.1 Å². The summed E-state index contributed by atoms with van der Waals surface area (Å²) in [4.78, 5) is 48.0. The largest absolute Gasteiger partial charge is 0.473 e. The zero-order valence-corrected chi connectivity index (χ0v) is 19.9. The van der Waals surface area contributed by atoms with Gasteiger partial charge in [-0.25, -0.2) is 14.0 Å². The molecule has 2 aromatic carbocycles. The van der Waals surface area contributed by atoms with Gasteiger partial charge in [0.1, 0.15) is 5.82 Å². The number of carbonyl (C=O) groups is 4. The Hall–Kier alpha value is -3.79. The fourth-order valence-electron chi connectivity index (χ4n) is 4.74. The molecule has 1 aliphatic carbocycles. The van der Waals surface area contributed by atoms with Crippen molar-refractivity contribution >= 4 is 29.4 Å². The number of halogens is 1. The summed E-state index contributed by atoms with van der Waals surface area (Å²) in [6.07, 6.45) is 3.99. The number of aliphatic carboxylic acids is 2. The van der Waals surface area contributed by atoms with E-state index in [-0.39, 0.29) is 24.2 Å². The topological polar surface area (TPSA) is 127 Å². The van der Waals surface area contributed by atoms with Gasteiger partial charge >= 0.3 is 11.9 Å². The molecular formula is C26H30FN3O6. The normalized spacial score (nSPS) is 17.0. The molecule has 0 unspecified atom stereocenters. The number of hydrogen-bond donors (Lipinski definition) is 3. The number of hydrogen-bond acceptors (Lipinski definition) is 5. The Morgan fingerprint density at radius 1 is 0.861 bits per heavy atom. The third-order valence-electron chi connectivity index (χ3n) is 6.51. The van der Waals surface area contributed by atoms with E-state index >= 15 is 0 Å². The van der Waals surface area contributed by atoms with E-state index in [1.54, 1.807) is 12.1 Å². The second kappa shape index (κ2) is 12.3. The zero-order valence-electron chi connectivity index (χ0n) is 19.9. The summed E-state index contributed by atoms with van der Waals surface area (Å²) in [5.41, 5.74) is 1.20. The quantitative estimate of drug-likeness (QED) is 0.540. The van der Waals surface area contributed by atoms with Gasteiger partial charge in [0.05, 0.1) is 12.0 Å². The SMILES string of the molecule is O=C(CN1CCN(C(=O)C2(c3ccccc3)CCCC2)CC1)Nc1cccc(F)c1.O=C(O)C(=O)O. The van der Waals surface area contributed by atoms with Crippen LogP contribution in [0.1, 0.15) is 31.2 Å². The van der Waals surface area contributed by atoms with E-state index in [0.717, 1.165) is 31.2 Å². The first-order chi connectivity index (χ1) is 17.2. The minimum absolute atomic E-state index is 0.170. The van der Waals surface area contributed by atoms with E-state index in [2.05, 4.69) is 17.4 Å². The molecule has 9 nitrogen and oxygen atoms in total. The molecule has 1 heterocycles. The Balaban J connectivity index is 0.000000538. The van der Waals surface area contributed by atoms with E-state index in [0.29, 0.717) is 31.9 Å². The van der Waals surface area contributed by atoms with Gasteiger partial charge in [0.15, 0.2) is 0 Å². The number of carboxylic acid groups (broad SMARTS) is 2. The minimum Gasteiger partial charge on any atom is -0.473 e. The molecule has 0 atom stereocenters. The molecule has 4 rings (SSSR count). The van der Waals surface area contributed by atoms with Crippen LogP contribution in [-0.4, -0.2) is 76.5 Å². The Labute approximate surface area is 208 Å². The highest BCUT2D eigenvalue weighted by Gasteiger charge is 2.45. The van der Waals surface area contributed by atoms with Crippen molar-refractivity contribution in [3.8, 4) is 0 Å². The maximum absolute atomic E-state index is 13.5. The maximum Gasteiger partial charge on any atom is 0.414 e. The Morgan fingerprint density at radius 2 is 1.47 bits per heavy atom. The average Bonchev–Trinajstić information content (AvgIpc) is 3.36. The van der Waals surface area contributed by atoms with Crippen molar-refractivity contribution in [2.24, 2.45) is 0 Å². The molecular weight excluding hydrogens is 469 g/mol. The highest BCUT2D eigenvalue weighted by molar-refractivity contribution is 6.27. The molecule has 1 saturated heterocycles. The van der Waals surface area contributed by atoms with Gasteiger partial charge in [0.2, 0.25) is 11.8 Å². The van der Waals surface area contributed by atoms with Crippen molar-refractivity contribution in [3.05, 3.63) is 66.0 Å². The fraction of sp³-hybridized carbons (Fsp3) is 0.385. The van der Waals surface area contributed by atoms with Crippen molar-refractivity contribution in [1.82, 2.24) is 9.80 Å². The summed E-state index contributed by atoms with van der Waals surface area (Å²) in [7, 11) is 0. The first-order valence-corrected chi connectivity index (χ1v) is 11.8. The molecule has 2 aromatic rings. The molecule has 192 valence electrons. The van der Waals surface area contributed by atoms with Crippen LogP contribution in [0.3, 0.4) is 0 Å². The summed E-state index contributed by atoms with van der Waals surface area (Å²) in [5.74, 6) is -3.96. The molecule has 0 spiro atoms. The number of nitrogens with one attached hydrogen (secondary N) is 1. The number of piperazine rings is 1. The molecule has 0 aromatic heterocycles. The lowest BCUT2D eigenvalue weighted by Crippen LogP contribution is -2.54. The van der Waals surface area contributed by atoms with Crippen molar-refractivity contribution in [2.75, 3.05) is 38.0 Å². The molecule has 36 heavy (non-hydrogen) atoms. The van der Waals surface area contributed by atoms with E-state index in [4.69, 9.17) is 19.8 Å². The zero-order chi connectivity index (χ0) is 26.1. The molecule has 0 bridgehead atoms. The third kappa shape index (κ3) is 6.88. The fourth-order valence-corrected chi connectivity index (χ4v) is 4.74. The minimum atomic E-state index is -1.82. The predicted octanol–water partition coefficient (Wildman–Crippen LogP) is 2.58. The number of carboxylic acids is 2. The van der Waals surface area contributed by atoms with Crippen molar-refractivity contribution in [3.63, 3.8) is 0 Å². The van der Waals surface area contributed by atoms with E-state index < -0.39 is 17.4 Å². The standard InChI is InChI=1S/C24H28FN3O2.C2H2O4/c25-20-9-6-10-21(17-20)26-22(29)18-27-13-15-28(16-14-27)23(30)24(11-4-5-12-24)19-7-2-1-3-8-19;3-1(4)2(5)6/h1-3,6-10,17H,4-5,11-16,18H2,(H,26,29);(H,3,4)(H,5,6). The van der Waals surface area contributed by atoms with Gasteiger partial charge in [-0.3, -0.25) is 14.5 Å². The van der Waals surface area contributed by atoms with Gasteiger partial charge in [-0.2, -0.15) is 0 Å². The van der Waals surface area contributed by atoms with Gasteiger partial charge in [-0.15, -0.1) is 0 Å². The highest BCUT2D eigenvalue weighted by atomic mass is 19.1. The Kier molecular flexibility index (Phi) is 9.13. The number of rotatable bonds is 5. The van der Waals surface area contributed by atoms with Gasteiger partial charge in [-0.05, 0) is 36.6 Å².